The zero-order chi connectivity index (χ0) is 15.0. The van der Waals surface area contributed by atoms with Gasteiger partial charge in [0.2, 0.25) is 0 Å². The highest BCUT2D eigenvalue weighted by Crippen LogP contribution is 2.29. The van der Waals surface area contributed by atoms with Crippen molar-refractivity contribution < 1.29 is 9.90 Å². The number of carbonyl (C=O) groups excluding carboxylic acids is 1. The van der Waals surface area contributed by atoms with Crippen molar-refractivity contribution in [2.75, 3.05) is 13.2 Å². The SMILES string of the molecule is CCC(CC)(CCO)CNC(=O)NCc1ncn(C)n1. The summed E-state index contributed by atoms with van der Waals surface area (Å²) in [5.74, 6) is 0.579. The molecule has 0 atom stereocenters. The molecular weight excluding hydrogens is 258 g/mol. The Bertz CT molecular complexity index is 415. The Balaban J connectivity index is 2.37. The lowest BCUT2D eigenvalue weighted by Gasteiger charge is -2.31. The zero-order valence-electron chi connectivity index (χ0n) is 12.5. The summed E-state index contributed by atoms with van der Waals surface area (Å²) in [5, 5.41) is 18.8. The normalized spacial score (nSPS) is 11.4. The summed E-state index contributed by atoms with van der Waals surface area (Å²) in [5.41, 5.74) is -0.0324. The quantitative estimate of drug-likeness (QED) is 0.658. The number of aryl methyl sites for hydroxylation is 1. The first kappa shape index (κ1) is 16.4. The van der Waals surface area contributed by atoms with Crippen molar-refractivity contribution >= 4 is 6.03 Å². The monoisotopic (exact) mass is 283 g/mol. The first-order chi connectivity index (χ1) is 9.55. The van der Waals surface area contributed by atoms with E-state index in [1.807, 2.05) is 0 Å². The number of rotatable bonds is 8. The van der Waals surface area contributed by atoms with E-state index in [9.17, 15) is 4.79 Å². The zero-order valence-corrected chi connectivity index (χ0v) is 12.5. The minimum atomic E-state index is -0.235. The highest BCUT2D eigenvalue weighted by molar-refractivity contribution is 5.73. The van der Waals surface area contributed by atoms with Gasteiger partial charge in [-0.1, -0.05) is 13.8 Å². The minimum absolute atomic E-state index is 0.0324. The molecule has 0 saturated heterocycles. The van der Waals surface area contributed by atoms with Crippen LogP contribution in [-0.2, 0) is 13.6 Å². The summed E-state index contributed by atoms with van der Waals surface area (Å²) >= 11 is 0. The molecule has 0 aliphatic rings. The number of amides is 2. The Morgan fingerprint density at radius 3 is 2.60 bits per heavy atom. The van der Waals surface area contributed by atoms with Crippen molar-refractivity contribution in [1.82, 2.24) is 25.4 Å². The first-order valence-electron chi connectivity index (χ1n) is 7.02. The summed E-state index contributed by atoms with van der Waals surface area (Å²) < 4.78 is 1.59. The van der Waals surface area contributed by atoms with Crippen molar-refractivity contribution in [2.45, 2.75) is 39.7 Å². The number of aromatic nitrogens is 3. The molecule has 1 heterocycles. The van der Waals surface area contributed by atoms with Crippen LogP contribution in [0.15, 0.2) is 6.33 Å². The molecule has 1 rings (SSSR count). The van der Waals surface area contributed by atoms with E-state index < -0.39 is 0 Å². The lowest BCUT2D eigenvalue weighted by molar-refractivity contribution is 0.163. The van der Waals surface area contributed by atoms with Gasteiger partial charge >= 0.3 is 6.03 Å². The third-order valence-electron chi connectivity index (χ3n) is 3.82. The van der Waals surface area contributed by atoms with E-state index in [0.29, 0.717) is 25.3 Å². The van der Waals surface area contributed by atoms with E-state index in [0.717, 1.165) is 12.8 Å². The van der Waals surface area contributed by atoms with E-state index in [-0.39, 0.29) is 18.1 Å². The van der Waals surface area contributed by atoms with Crippen LogP contribution in [0, 0.1) is 5.41 Å². The molecule has 0 saturated carbocycles. The summed E-state index contributed by atoms with van der Waals surface area (Å²) in [7, 11) is 1.78. The Kier molecular flexibility index (Phi) is 6.44. The molecule has 1 aromatic heterocycles. The molecular formula is C13H25N5O2. The van der Waals surface area contributed by atoms with Crippen LogP contribution < -0.4 is 10.6 Å². The Labute approximate surface area is 119 Å². The molecule has 20 heavy (non-hydrogen) atoms. The maximum Gasteiger partial charge on any atom is 0.315 e. The van der Waals surface area contributed by atoms with Gasteiger partial charge in [0.25, 0.3) is 0 Å². The largest absolute Gasteiger partial charge is 0.396 e. The number of carbonyl (C=O) groups is 1. The maximum absolute atomic E-state index is 11.8. The third kappa shape index (κ3) is 4.80. The first-order valence-corrected chi connectivity index (χ1v) is 7.02. The standard InChI is InChI=1S/C13H25N5O2/c1-4-13(5-2,6-7-19)9-15-12(20)14-8-11-16-10-18(3)17-11/h10,19H,4-9H2,1-3H3,(H2,14,15,20). The molecule has 7 nitrogen and oxygen atoms in total. The van der Waals surface area contributed by atoms with Crippen molar-refractivity contribution in [1.29, 1.82) is 0 Å². The van der Waals surface area contributed by atoms with Crippen LogP contribution in [-0.4, -0.2) is 39.1 Å². The summed E-state index contributed by atoms with van der Waals surface area (Å²) in [6, 6.07) is -0.235. The topological polar surface area (TPSA) is 92.1 Å². The average Bonchev–Trinajstić information content (AvgIpc) is 2.87. The molecule has 0 aliphatic heterocycles. The van der Waals surface area contributed by atoms with Crippen LogP contribution >= 0.6 is 0 Å². The van der Waals surface area contributed by atoms with Crippen molar-refractivity contribution in [3.05, 3.63) is 12.2 Å². The van der Waals surface area contributed by atoms with E-state index in [4.69, 9.17) is 5.11 Å². The summed E-state index contributed by atoms with van der Waals surface area (Å²) in [6.45, 7) is 5.16. The second kappa shape index (κ2) is 7.84. The third-order valence-corrected chi connectivity index (χ3v) is 3.82. The molecule has 0 radical (unpaired) electrons. The molecule has 0 fully saturated rings. The lowest BCUT2D eigenvalue weighted by atomic mass is 9.79. The van der Waals surface area contributed by atoms with Crippen molar-refractivity contribution in [3.8, 4) is 0 Å². The van der Waals surface area contributed by atoms with Gasteiger partial charge in [-0.25, -0.2) is 9.78 Å². The highest BCUT2D eigenvalue weighted by Gasteiger charge is 2.26. The number of urea groups is 1. The van der Waals surface area contributed by atoms with E-state index in [1.54, 1.807) is 18.1 Å². The van der Waals surface area contributed by atoms with Crippen LogP contribution in [0.2, 0.25) is 0 Å². The predicted molar refractivity (Wildman–Crippen MR) is 76.0 cm³/mol. The number of nitrogens with zero attached hydrogens (tertiary/aromatic N) is 3. The van der Waals surface area contributed by atoms with Gasteiger partial charge in [0, 0.05) is 20.2 Å². The molecule has 7 heteroatoms. The van der Waals surface area contributed by atoms with E-state index >= 15 is 0 Å². The molecule has 114 valence electrons. The number of hydrogen-bond acceptors (Lipinski definition) is 4. The summed E-state index contributed by atoms with van der Waals surface area (Å²) in [6.07, 6.45) is 4.13. The lowest BCUT2D eigenvalue weighted by Crippen LogP contribution is -2.42. The molecule has 1 aromatic rings. The Hall–Kier alpha value is -1.63. The summed E-state index contributed by atoms with van der Waals surface area (Å²) in [4.78, 5) is 15.8. The molecule has 0 bridgehead atoms. The average molecular weight is 283 g/mol. The molecule has 3 N–H and O–H groups in total. The maximum atomic E-state index is 11.8. The molecule has 2 amide bonds. The van der Waals surface area contributed by atoms with Gasteiger partial charge in [0.15, 0.2) is 5.82 Å². The molecule has 0 aliphatic carbocycles. The fraction of sp³-hybridized carbons (Fsp3) is 0.769. The number of aliphatic hydroxyl groups excluding tert-OH is 1. The number of hydrogen-bond donors (Lipinski definition) is 3. The van der Waals surface area contributed by atoms with Gasteiger partial charge in [0.1, 0.15) is 6.33 Å². The van der Waals surface area contributed by atoms with Crippen LogP contribution in [0.5, 0.6) is 0 Å². The van der Waals surface area contributed by atoms with Gasteiger partial charge in [-0.05, 0) is 24.7 Å². The Morgan fingerprint density at radius 1 is 1.40 bits per heavy atom. The second-order valence-electron chi connectivity index (χ2n) is 5.05. The fourth-order valence-electron chi connectivity index (χ4n) is 2.13. The molecule has 0 unspecified atom stereocenters. The van der Waals surface area contributed by atoms with Crippen molar-refractivity contribution in [2.24, 2.45) is 12.5 Å². The van der Waals surface area contributed by atoms with Crippen LogP contribution in [0.3, 0.4) is 0 Å². The highest BCUT2D eigenvalue weighted by atomic mass is 16.3. The second-order valence-corrected chi connectivity index (χ2v) is 5.05. The smallest absolute Gasteiger partial charge is 0.315 e. The van der Waals surface area contributed by atoms with E-state index in [2.05, 4.69) is 34.6 Å². The van der Waals surface area contributed by atoms with Gasteiger partial charge in [-0.3, -0.25) is 4.68 Å². The van der Waals surface area contributed by atoms with Gasteiger partial charge in [-0.2, -0.15) is 5.10 Å². The van der Waals surface area contributed by atoms with Gasteiger partial charge in [0.05, 0.1) is 6.54 Å². The van der Waals surface area contributed by atoms with Crippen LogP contribution in [0.1, 0.15) is 38.9 Å². The van der Waals surface area contributed by atoms with Gasteiger partial charge < -0.3 is 15.7 Å². The van der Waals surface area contributed by atoms with Crippen molar-refractivity contribution in [3.63, 3.8) is 0 Å². The molecule has 0 aromatic carbocycles. The molecule has 0 spiro atoms. The van der Waals surface area contributed by atoms with E-state index in [1.165, 1.54) is 0 Å². The number of aliphatic hydroxyl groups is 1. The minimum Gasteiger partial charge on any atom is -0.396 e. The Morgan fingerprint density at radius 2 is 2.10 bits per heavy atom. The van der Waals surface area contributed by atoms with Crippen LogP contribution in [0.4, 0.5) is 4.79 Å². The number of nitrogens with one attached hydrogen (secondary N) is 2. The predicted octanol–water partition coefficient (Wildman–Crippen LogP) is 0.803. The van der Waals surface area contributed by atoms with Crippen LogP contribution in [0.25, 0.3) is 0 Å². The fourth-order valence-corrected chi connectivity index (χ4v) is 2.13. The van der Waals surface area contributed by atoms with Gasteiger partial charge in [-0.15, -0.1) is 0 Å².